The Kier molecular flexibility index (Phi) is 4.88. The summed E-state index contributed by atoms with van der Waals surface area (Å²) in [4.78, 5) is 0.0712. The van der Waals surface area contributed by atoms with Crippen LogP contribution in [0, 0.1) is 0 Å². The van der Waals surface area contributed by atoms with E-state index in [9.17, 15) is 13.5 Å². The van der Waals surface area contributed by atoms with Gasteiger partial charge in [-0.2, -0.15) is 0 Å². The Morgan fingerprint density at radius 3 is 2.52 bits per heavy atom. The highest BCUT2D eigenvalue weighted by Crippen LogP contribution is 2.24. The molecule has 2 aromatic carbocycles. The van der Waals surface area contributed by atoms with E-state index in [-0.39, 0.29) is 11.5 Å². The van der Waals surface area contributed by atoms with Gasteiger partial charge in [0.15, 0.2) is 0 Å². The summed E-state index contributed by atoms with van der Waals surface area (Å²) >= 11 is 5.88. The number of aliphatic hydroxyl groups excluding tert-OH is 1. The second kappa shape index (κ2) is 6.47. The van der Waals surface area contributed by atoms with Crippen LogP contribution in [0.5, 0.6) is 0 Å². The lowest BCUT2D eigenvalue weighted by Crippen LogP contribution is -2.14. The molecule has 2 N–H and O–H groups in total. The Labute approximate surface area is 129 Å². The molecule has 0 unspecified atom stereocenters. The summed E-state index contributed by atoms with van der Waals surface area (Å²) in [5, 5.41) is 9.52. The lowest BCUT2D eigenvalue weighted by Gasteiger charge is -2.12. The van der Waals surface area contributed by atoms with E-state index in [1.54, 1.807) is 12.1 Å². The molecule has 0 amide bonds. The normalized spacial score (nSPS) is 11.4. The van der Waals surface area contributed by atoms with Crippen LogP contribution in [0.2, 0.25) is 5.02 Å². The monoisotopic (exact) mass is 325 g/mol. The summed E-state index contributed by atoms with van der Waals surface area (Å²) in [6.45, 7) is 1.65. The highest BCUT2D eigenvalue weighted by atomic mass is 35.5. The summed E-state index contributed by atoms with van der Waals surface area (Å²) < 4.78 is 27.4. The molecule has 2 rings (SSSR count). The molecule has 0 aromatic heterocycles. The van der Waals surface area contributed by atoms with E-state index < -0.39 is 10.0 Å². The lowest BCUT2D eigenvalue weighted by atomic mass is 10.1. The van der Waals surface area contributed by atoms with E-state index >= 15 is 0 Å². The molecule has 0 bridgehead atoms. The van der Waals surface area contributed by atoms with Gasteiger partial charge < -0.3 is 5.11 Å². The molecule has 21 heavy (non-hydrogen) atoms. The van der Waals surface area contributed by atoms with Gasteiger partial charge in [0, 0.05) is 5.02 Å². The van der Waals surface area contributed by atoms with Crippen LogP contribution in [0.15, 0.2) is 47.4 Å². The Hall–Kier alpha value is -1.56. The molecule has 6 heteroatoms. The molecule has 0 fully saturated rings. The lowest BCUT2D eigenvalue weighted by molar-refractivity contribution is 0.281. The molecule has 0 heterocycles. The molecule has 112 valence electrons. The van der Waals surface area contributed by atoms with E-state index in [1.807, 2.05) is 19.1 Å². The molecule has 0 saturated heterocycles. The van der Waals surface area contributed by atoms with Crippen LogP contribution in [-0.4, -0.2) is 13.5 Å². The Bertz CT molecular complexity index is 744. The molecule has 4 nitrogen and oxygen atoms in total. The first-order valence-electron chi connectivity index (χ1n) is 6.48. The second-order valence-corrected chi connectivity index (χ2v) is 6.62. The van der Waals surface area contributed by atoms with Gasteiger partial charge in [0.25, 0.3) is 10.0 Å². The van der Waals surface area contributed by atoms with Gasteiger partial charge in [0.1, 0.15) is 0 Å². The Balaban J connectivity index is 2.38. The molecule has 0 aliphatic carbocycles. The number of nitrogens with one attached hydrogen (secondary N) is 1. The van der Waals surface area contributed by atoms with Crippen molar-refractivity contribution < 1.29 is 13.5 Å². The molecule has 0 saturated carbocycles. The zero-order valence-electron chi connectivity index (χ0n) is 11.5. The predicted octanol–water partition coefficient (Wildman–Crippen LogP) is 3.20. The fourth-order valence-corrected chi connectivity index (χ4v) is 3.30. The van der Waals surface area contributed by atoms with Gasteiger partial charge in [-0.1, -0.05) is 36.7 Å². The summed E-state index contributed by atoms with van der Waals surface area (Å²) in [5.41, 5.74) is 1.85. The quantitative estimate of drug-likeness (QED) is 0.887. The van der Waals surface area contributed by atoms with Crippen LogP contribution < -0.4 is 4.72 Å². The van der Waals surface area contributed by atoms with Crippen LogP contribution >= 0.6 is 11.6 Å². The number of rotatable bonds is 5. The van der Waals surface area contributed by atoms with Gasteiger partial charge in [-0.25, -0.2) is 8.42 Å². The highest BCUT2D eigenvalue weighted by Gasteiger charge is 2.17. The number of halogens is 1. The second-order valence-electron chi connectivity index (χ2n) is 4.53. The SMILES string of the molecule is CCc1ccccc1NS(=O)(=O)c1ccc(Cl)c(CO)c1. The summed E-state index contributed by atoms with van der Waals surface area (Å²) in [6.07, 6.45) is 0.723. The van der Waals surface area contributed by atoms with Crippen molar-refractivity contribution in [1.29, 1.82) is 0 Å². The summed E-state index contributed by atoms with van der Waals surface area (Å²) in [7, 11) is -3.72. The molecule has 0 aliphatic rings. The van der Waals surface area contributed by atoms with Crippen LogP contribution in [-0.2, 0) is 23.1 Å². The van der Waals surface area contributed by atoms with Crippen LogP contribution in [0.3, 0.4) is 0 Å². The number of benzene rings is 2. The van der Waals surface area contributed by atoms with E-state index in [1.165, 1.54) is 18.2 Å². The van der Waals surface area contributed by atoms with Gasteiger partial charge in [-0.15, -0.1) is 0 Å². The fourth-order valence-electron chi connectivity index (χ4n) is 1.97. The molecule has 0 atom stereocenters. The molecule has 2 aromatic rings. The van der Waals surface area contributed by atoms with Gasteiger partial charge >= 0.3 is 0 Å². The van der Waals surface area contributed by atoms with Crippen LogP contribution in [0.4, 0.5) is 5.69 Å². The van der Waals surface area contributed by atoms with Crippen LogP contribution in [0.1, 0.15) is 18.1 Å². The Morgan fingerprint density at radius 1 is 1.14 bits per heavy atom. The first-order chi connectivity index (χ1) is 9.97. The standard InChI is InChI=1S/C15H16ClNO3S/c1-2-11-5-3-4-6-15(11)17-21(19,20)13-7-8-14(16)12(9-13)10-18/h3-9,17-18H,2,10H2,1H3. The topological polar surface area (TPSA) is 66.4 Å². The van der Waals surface area contributed by atoms with Gasteiger partial charge in [-0.05, 0) is 41.8 Å². The number of hydrogen-bond donors (Lipinski definition) is 2. The maximum atomic E-state index is 12.4. The molecule has 0 radical (unpaired) electrons. The third kappa shape index (κ3) is 3.56. The summed E-state index contributed by atoms with van der Waals surface area (Å²) in [5.74, 6) is 0. The first kappa shape index (κ1) is 15.8. The molecule has 0 aliphatic heterocycles. The smallest absolute Gasteiger partial charge is 0.261 e. The van der Waals surface area contributed by atoms with Crippen LogP contribution in [0.25, 0.3) is 0 Å². The van der Waals surface area contributed by atoms with E-state index in [2.05, 4.69) is 4.72 Å². The average Bonchev–Trinajstić information content (AvgIpc) is 2.47. The number of para-hydroxylation sites is 1. The van der Waals surface area contributed by atoms with Gasteiger partial charge in [0.05, 0.1) is 17.2 Å². The third-order valence-electron chi connectivity index (χ3n) is 3.14. The number of anilines is 1. The molecule has 0 spiro atoms. The van der Waals surface area contributed by atoms with Crippen molar-refractivity contribution in [3.8, 4) is 0 Å². The average molecular weight is 326 g/mol. The number of aliphatic hydroxyl groups is 1. The van der Waals surface area contributed by atoms with Crippen molar-refractivity contribution in [3.63, 3.8) is 0 Å². The number of sulfonamides is 1. The van der Waals surface area contributed by atoms with Crippen molar-refractivity contribution in [2.24, 2.45) is 0 Å². The minimum Gasteiger partial charge on any atom is -0.392 e. The van der Waals surface area contributed by atoms with E-state index in [4.69, 9.17) is 11.6 Å². The molecular weight excluding hydrogens is 310 g/mol. The Morgan fingerprint density at radius 2 is 1.86 bits per heavy atom. The highest BCUT2D eigenvalue weighted by molar-refractivity contribution is 7.92. The van der Waals surface area contributed by atoms with Crippen molar-refractivity contribution in [3.05, 3.63) is 58.6 Å². The van der Waals surface area contributed by atoms with Gasteiger partial charge in [0.2, 0.25) is 0 Å². The van der Waals surface area contributed by atoms with Crippen molar-refractivity contribution >= 4 is 27.3 Å². The first-order valence-corrected chi connectivity index (χ1v) is 8.34. The van der Waals surface area contributed by atoms with Crippen molar-refractivity contribution in [2.45, 2.75) is 24.8 Å². The minimum atomic E-state index is -3.72. The summed E-state index contributed by atoms with van der Waals surface area (Å²) in [6, 6.07) is 11.5. The number of aryl methyl sites for hydroxylation is 1. The fraction of sp³-hybridized carbons (Fsp3) is 0.200. The van der Waals surface area contributed by atoms with E-state index in [0.717, 1.165) is 12.0 Å². The maximum Gasteiger partial charge on any atom is 0.261 e. The third-order valence-corrected chi connectivity index (χ3v) is 4.87. The largest absolute Gasteiger partial charge is 0.392 e. The predicted molar refractivity (Wildman–Crippen MR) is 84.0 cm³/mol. The zero-order valence-corrected chi connectivity index (χ0v) is 13.1. The number of hydrogen-bond acceptors (Lipinski definition) is 3. The molecular formula is C15H16ClNO3S. The van der Waals surface area contributed by atoms with Gasteiger partial charge in [-0.3, -0.25) is 4.72 Å². The van der Waals surface area contributed by atoms with E-state index in [0.29, 0.717) is 16.3 Å². The minimum absolute atomic E-state index is 0.0712. The van der Waals surface area contributed by atoms with Crippen molar-refractivity contribution in [1.82, 2.24) is 0 Å². The maximum absolute atomic E-state index is 12.4. The van der Waals surface area contributed by atoms with Crippen molar-refractivity contribution in [2.75, 3.05) is 4.72 Å². The zero-order chi connectivity index (χ0) is 15.5.